The van der Waals surface area contributed by atoms with Gasteiger partial charge in [-0.05, 0) is 61.9 Å². The van der Waals surface area contributed by atoms with E-state index in [1.807, 2.05) is 50.2 Å². The van der Waals surface area contributed by atoms with E-state index < -0.39 is 0 Å². The molecule has 2 amide bonds. The third kappa shape index (κ3) is 4.48. The van der Waals surface area contributed by atoms with E-state index in [9.17, 15) is 9.59 Å². The van der Waals surface area contributed by atoms with Crippen molar-refractivity contribution < 1.29 is 14.3 Å². The number of piperidine rings is 1. The van der Waals surface area contributed by atoms with Crippen LogP contribution < -0.4 is 4.74 Å². The average Bonchev–Trinajstić information content (AvgIpc) is 3.00. The SMILES string of the molecule is CC1CCN(C2=C(c3ccc(OC(C)C)cc3)C(=O)N(Cc3cccnc3)C2=O)CC1. The highest BCUT2D eigenvalue weighted by atomic mass is 16.5. The first-order valence-electron chi connectivity index (χ1n) is 11.0. The number of aromatic nitrogens is 1. The van der Waals surface area contributed by atoms with Crippen LogP contribution in [0.3, 0.4) is 0 Å². The normalized spacial score (nSPS) is 17.8. The molecule has 31 heavy (non-hydrogen) atoms. The van der Waals surface area contributed by atoms with E-state index >= 15 is 0 Å². The first-order chi connectivity index (χ1) is 14.9. The van der Waals surface area contributed by atoms with Crippen molar-refractivity contribution in [3.8, 4) is 5.75 Å². The zero-order chi connectivity index (χ0) is 22.0. The van der Waals surface area contributed by atoms with Crippen molar-refractivity contribution in [2.45, 2.75) is 46.3 Å². The van der Waals surface area contributed by atoms with Crippen LogP contribution >= 0.6 is 0 Å². The predicted octanol–water partition coefficient (Wildman–Crippen LogP) is 3.88. The van der Waals surface area contributed by atoms with E-state index in [0.717, 1.165) is 42.8 Å². The Morgan fingerprint density at radius 3 is 2.39 bits per heavy atom. The molecule has 0 radical (unpaired) electrons. The molecule has 1 saturated heterocycles. The van der Waals surface area contributed by atoms with Gasteiger partial charge in [0.05, 0.1) is 18.2 Å². The molecule has 0 unspecified atom stereocenters. The summed E-state index contributed by atoms with van der Waals surface area (Å²) >= 11 is 0. The summed E-state index contributed by atoms with van der Waals surface area (Å²) in [5.74, 6) is 0.907. The molecule has 0 spiro atoms. The Balaban J connectivity index is 1.69. The molecule has 0 aliphatic carbocycles. The van der Waals surface area contributed by atoms with Crippen molar-refractivity contribution >= 4 is 17.4 Å². The molecule has 0 saturated carbocycles. The second kappa shape index (κ2) is 8.92. The van der Waals surface area contributed by atoms with Gasteiger partial charge in [-0.1, -0.05) is 25.1 Å². The molecule has 3 heterocycles. The van der Waals surface area contributed by atoms with E-state index in [0.29, 0.717) is 17.2 Å². The molecule has 6 heteroatoms. The topological polar surface area (TPSA) is 62.7 Å². The summed E-state index contributed by atoms with van der Waals surface area (Å²) in [5, 5.41) is 0. The number of amides is 2. The summed E-state index contributed by atoms with van der Waals surface area (Å²) < 4.78 is 5.74. The van der Waals surface area contributed by atoms with E-state index in [-0.39, 0.29) is 24.5 Å². The summed E-state index contributed by atoms with van der Waals surface area (Å²) in [7, 11) is 0. The Kier molecular flexibility index (Phi) is 6.07. The van der Waals surface area contributed by atoms with Gasteiger partial charge in [0.15, 0.2) is 0 Å². The van der Waals surface area contributed by atoms with E-state index in [4.69, 9.17) is 4.74 Å². The maximum Gasteiger partial charge on any atom is 0.278 e. The minimum absolute atomic E-state index is 0.0700. The molecule has 0 N–H and O–H groups in total. The summed E-state index contributed by atoms with van der Waals surface area (Å²) in [5.41, 5.74) is 2.59. The lowest BCUT2D eigenvalue weighted by molar-refractivity contribution is -0.138. The number of benzene rings is 1. The number of ether oxygens (including phenoxy) is 1. The number of imide groups is 1. The van der Waals surface area contributed by atoms with Crippen LogP contribution in [0.4, 0.5) is 0 Å². The number of likely N-dealkylation sites (tertiary alicyclic amines) is 1. The second-order valence-corrected chi connectivity index (χ2v) is 8.64. The van der Waals surface area contributed by atoms with Crippen LogP contribution in [-0.4, -0.2) is 45.8 Å². The van der Waals surface area contributed by atoms with Gasteiger partial charge >= 0.3 is 0 Å². The Morgan fingerprint density at radius 2 is 1.77 bits per heavy atom. The smallest absolute Gasteiger partial charge is 0.278 e. The minimum atomic E-state index is -0.250. The van der Waals surface area contributed by atoms with Gasteiger partial charge in [-0.15, -0.1) is 0 Å². The fraction of sp³-hybridized carbons (Fsp3) is 0.400. The summed E-state index contributed by atoms with van der Waals surface area (Å²) in [6.45, 7) is 7.97. The number of carbonyl (C=O) groups excluding carboxylic acids is 2. The van der Waals surface area contributed by atoms with Gasteiger partial charge in [0.1, 0.15) is 11.4 Å². The van der Waals surface area contributed by atoms with Crippen molar-refractivity contribution in [1.82, 2.24) is 14.8 Å². The molecular weight excluding hydrogens is 390 g/mol. The van der Waals surface area contributed by atoms with E-state index in [2.05, 4.69) is 16.8 Å². The third-order valence-electron chi connectivity index (χ3n) is 5.82. The highest BCUT2D eigenvalue weighted by Gasteiger charge is 2.42. The number of nitrogens with zero attached hydrogens (tertiary/aromatic N) is 3. The predicted molar refractivity (Wildman–Crippen MR) is 119 cm³/mol. The largest absolute Gasteiger partial charge is 0.491 e. The Hall–Kier alpha value is -3.15. The molecule has 1 fully saturated rings. The molecule has 0 atom stereocenters. The molecule has 1 aromatic carbocycles. The van der Waals surface area contributed by atoms with Crippen molar-refractivity contribution in [3.63, 3.8) is 0 Å². The summed E-state index contributed by atoms with van der Waals surface area (Å²) in [4.78, 5) is 34.5. The molecule has 1 aromatic heterocycles. The van der Waals surface area contributed by atoms with Crippen molar-refractivity contribution in [3.05, 3.63) is 65.6 Å². The zero-order valence-electron chi connectivity index (χ0n) is 18.4. The van der Waals surface area contributed by atoms with Gasteiger partial charge < -0.3 is 9.64 Å². The summed E-state index contributed by atoms with van der Waals surface area (Å²) in [6, 6.07) is 11.2. The maximum absolute atomic E-state index is 13.5. The zero-order valence-corrected chi connectivity index (χ0v) is 18.4. The quantitative estimate of drug-likeness (QED) is 0.665. The van der Waals surface area contributed by atoms with Crippen LogP contribution in [0.5, 0.6) is 5.75 Å². The third-order valence-corrected chi connectivity index (χ3v) is 5.82. The van der Waals surface area contributed by atoms with E-state index in [1.165, 1.54) is 4.90 Å². The van der Waals surface area contributed by atoms with Crippen molar-refractivity contribution in [1.29, 1.82) is 0 Å². The van der Waals surface area contributed by atoms with Gasteiger partial charge in [0, 0.05) is 25.5 Å². The van der Waals surface area contributed by atoms with Crippen LogP contribution in [0.25, 0.3) is 5.57 Å². The average molecular weight is 420 g/mol. The van der Waals surface area contributed by atoms with Gasteiger partial charge in [0.2, 0.25) is 0 Å². The second-order valence-electron chi connectivity index (χ2n) is 8.64. The fourth-order valence-corrected chi connectivity index (χ4v) is 4.14. The lowest BCUT2D eigenvalue weighted by Crippen LogP contribution is -2.38. The number of pyridine rings is 1. The van der Waals surface area contributed by atoms with Gasteiger partial charge in [-0.3, -0.25) is 19.5 Å². The van der Waals surface area contributed by atoms with Crippen molar-refractivity contribution in [2.24, 2.45) is 5.92 Å². The van der Waals surface area contributed by atoms with Crippen LogP contribution in [-0.2, 0) is 16.1 Å². The summed E-state index contributed by atoms with van der Waals surface area (Å²) in [6.07, 6.45) is 5.48. The van der Waals surface area contributed by atoms with Gasteiger partial charge in [-0.2, -0.15) is 0 Å². The molecule has 2 aromatic rings. The molecule has 0 bridgehead atoms. The molecule has 4 rings (SSSR count). The van der Waals surface area contributed by atoms with E-state index in [1.54, 1.807) is 12.4 Å². The number of carbonyl (C=O) groups is 2. The molecule has 6 nitrogen and oxygen atoms in total. The molecule has 162 valence electrons. The minimum Gasteiger partial charge on any atom is -0.491 e. The first-order valence-corrected chi connectivity index (χ1v) is 11.0. The number of hydrogen-bond donors (Lipinski definition) is 0. The Bertz CT molecular complexity index is 975. The highest BCUT2D eigenvalue weighted by Crippen LogP contribution is 2.35. The number of rotatable bonds is 6. The van der Waals surface area contributed by atoms with Crippen LogP contribution in [0.15, 0.2) is 54.5 Å². The van der Waals surface area contributed by atoms with Crippen molar-refractivity contribution in [2.75, 3.05) is 13.1 Å². The van der Waals surface area contributed by atoms with Crippen LogP contribution in [0, 0.1) is 5.92 Å². The molecular formula is C25H29N3O3. The lowest BCUT2D eigenvalue weighted by Gasteiger charge is -2.32. The maximum atomic E-state index is 13.5. The standard InChI is InChI=1S/C25H29N3O3/c1-17(2)31-21-8-6-20(7-9-21)22-23(27-13-10-18(3)11-14-27)25(30)28(24(22)29)16-19-5-4-12-26-15-19/h4-9,12,15,17-18H,10-11,13-14,16H2,1-3H3. The number of hydrogen-bond acceptors (Lipinski definition) is 5. The Morgan fingerprint density at radius 1 is 1.06 bits per heavy atom. The van der Waals surface area contributed by atoms with Crippen LogP contribution in [0.1, 0.15) is 44.7 Å². The van der Waals surface area contributed by atoms with Crippen LogP contribution in [0.2, 0.25) is 0 Å². The lowest BCUT2D eigenvalue weighted by atomic mass is 9.97. The highest BCUT2D eigenvalue weighted by molar-refractivity contribution is 6.35. The fourth-order valence-electron chi connectivity index (χ4n) is 4.14. The monoisotopic (exact) mass is 419 g/mol. The molecule has 2 aliphatic rings. The van der Waals surface area contributed by atoms with Gasteiger partial charge in [-0.25, -0.2) is 0 Å². The Labute approximate surface area is 183 Å². The van der Waals surface area contributed by atoms with Gasteiger partial charge in [0.25, 0.3) is 11.8 Å². The molecule has 2 aliphatic heterocycles. The first kappa shape index (κ1) is 21.1.